The fraction of sp³-hybridized carbons (Fsp3) is 0.455. The van der Waals surface area contributed by atoms with Gasteiger partial charge in [-0.25, -0.2) is 4.79 Å². The Morgan fingerprint density at radius 3 is 2.89 bits per heavy atom. The van der Waals surface area contributed by atoms with Crippen LogP contribution in [0.4, 0.5) is 0 Å². The Morgan fingerprint density at radius 1 is 1.63 bits per heavy atom. The Bertz CT molecular complexity index is 549. The number of amides is 1. The van der Waals surface area contributed by atoms with E-state index in [1.165, 1.54) is 0 Å². The van der Waals surface area contributed by atoms with Gasteiger partial charge in [-0.3, -0.25) is 9.48 Å². The number of carbonyl (C=O) groups is 2. The molecular weight excluding hydrogens is 252 g/mol. The van der Waals surface area contributed by atoms with Gasteiger partial charge in [0.25, 0.3) is 5.91 Å². The number of carboxylic acids is 1. The molecule has 102 valence electrons. The number of aromatic nitrogens is 2. The average molecular weight is 266 g/mol. The third-order valence-electron chi connectivity index (χ3n) is 3.00. The lowest BCUT2D eigenvalue weighted by Crippen LogP contribution is -2.34. The van der Waals surface area contributed by atoms with Crippen molar-refractivity contribution in [1.29, 1.82) is 0 Å². The molecular formula is C11H14N4O4. The molecule has 8 heteroatoms. The van der Waals surface area contributed by atoms with E-state index >= 15 is 0 Å². The van der Waals surface area contributed by atoms with Crippen LogP contribution in [0.25, 0.3) is 0 Å². The van der Waals surface area contributed by atoms with Gasteiger partial charge in [0.2, 0.25) is 6.10 Å². The first kappa shape index (κ1) is 13.1. The Balaban J connectivity index is 1.86. The van der Waals surface area contributed by atoms with Crippen molar-refractivity contribution in [3.8, 4) is 0 Å². The largest absolute Gasteiger partial charge is 0.477 e. The number of hydrogen-bond acceptors (Lipinski definition) is 5. The molecule has 0 aliphatic carbocycles. The van der Waals surface area contributed by atoms with E-state index in [-0.39, 0.29) is 18.0 Å². The molecule has 8 nitrogen and oxygen atoms in total. The summed E-state index contributed by atoms with van der Waals surface area (Å²) >= 11 is 0. The van der Waals surface area contributed by atoms with Crippen molar-refractivity contribution < 1.29 is 19.5 Å². The highest BCUT2D eigenvalue weighted by molar-refractivity contribution is 6.36. The first-order valence-corrected chi connectivity index (χ1v) is 5.70. The Hall–Kier alpha value is -2.38. The monoisotopic (exact) mass is 266 g/mol. The number of carbonyl (C=O) groups excluding carboxylic acids is 1. The van der Waals surface area contributed by atoms with Crippen LogP contribution in [0.2, 0.25) is 0 Å². The number of aryl methyl sites for hydroxylation is 1. The van der Waals surface area contributed by atoms with Crippen LogP contribution in [0.1, 0.15) is 17.7 Å². The average Bonchev–Trinajstić information content (AvgIpc) is 2.97. The summed E-state index contributed by atoms with van der Waals surface area (Å²) in [5.41, 5.74) is 1.71. The van der Waals surface area contributed by atoms with Crippen LogP contribution in [-0.2, 0) is 28.0 Å². The lowest BCUT2D eigenvalue weighted by atomic mass is 10.1. The minimum absolute atomic E-state index is 0.0206. The molecule has 0 fully saturated rings. The maximum Gasteiger partial charge on any atom is 0.353 e. The smallest absolute Gasteiger partial charge is 0.353 e. The second-order valence-corrected chi connectivity index (χ2v) is 4.24. The third-order valence-corrected chi connectivity index (χ3v) is 3.00. The number of carboxylic acid groups (broad SMARTS) is 1. The van der Waals surface area contributed by atoms with Crippen molar-refractivity contribution in [1.82, 2.24) is 15.1 Å². The van der Waals surface area contributed by atoms with Crippen LogP contribution < -0.4 is 5.32 Å². The number of nitrogens with one attached hydrogen (secondary N) is 1. The lowest BCUT2D eigenvalue weighted by Gasteiger charge is -2.08. The molecule has 1 aromatic rings. The molecule has 1 aliphatic heterocycles. The predicted molar refractivity (Wildman–Crippen MR) is 64.4 cm³/mol. The van der Waals surface area contributed by atoms with Crippen molar-refractivity contribution in [3.63, 3.8) is 0 Å². The maximum atomic E-state index is 11.8. The van der Waals surface area contributed by atoms with Crippen LogP contribution >= 0.6 is 0 Å². The van der Waals surface area contributed by atoms with E-state index in [1.807, 2.05) is 14.0 Å². The first-order chi connectivity index (χ1) is 8.99. The zero-order valence-corrected chi connectivity index (χ0v) is 10.6. The molecule has 0 radical (unpaired) electrons. The van der Waals surface area contributed by atoms with E-state index in [1.54, 1.807) is 10.9 Å². The Kier molecular flexibility index (Phi) is 3.50. The molecule has 0 bridgehead atoms. The van der Waals surface area contributed by atoms with Crippen molar-refractivity contribution >= 4 is 17.6 Å². The molecule has 19 heavy (non-hydrogen) atoms. The zero-order valence-electron chi connectivity index (χ0n) is 10.6. The molecule has 1 atom stereocenters. The van der Waals surface area contributed by atoms with Gasteiger partial charge in [-0.1, -0.05) is 5.16 Å². The number of aliphatic carboxylic acids is 1. The summed E-state index contributed by atoms with van der Waals surface area (Å²) in [7, 11) is 1.81. The van der Waals surface area contributed by atoms with Gasteiger partial charge in [-0.15, -0.1) is 0 Å². The summed E-state index contributed by atoms with van der Waals surface area (Å²) < 4.78 is 1.71. The van der Waals surface area contributed by atoms with E-state index in [0.717, 1.165) is 11.3 Å². The summed E-state index contributed by atoms with van der Waals surface area (Å²) in [4.78, 5) is 27.2. The molecule has 2 rings (SSSR count). The minimum atomic E-state index is -1.17. The number of hydrogen-bond donors (Lipinski definition) is 2. The molecule has 1 unspecified atom stereocenters. The third kappa shape index (κ3) is 2.72. The van der Waals surface area contributed by atoms with Crippen LogP contribution in [0, 0.1) is 6.92 Å². The highest BCUT2D eigenvalue weighted by atomic mass is 16.6. The zero-order chi connectivity index (χ0) is 14.0. The van der Waals surface area contributed by atoms with Gasteiger partial charge in [0.15, 0.2) is 5.71 Å². The van der Waals surface area contributed by atoms with E-state index in [0.29, 0.717) is 6.54 Å². The van der Waals surface area contributed by atoms with Gasteiger partial charge in [0, 0.05) is 31.3 Å². The van der Waals surface area contributed by atoms with Gasteiger partial charge in [0.1, 0.15) is 0 Å². The number of oxime groups is 1. The topological polar surface area (TPSA) is 106 Å². The van der Waals surface area contributed by atoms with Gasteiger partial charge in [-0.2, -0.15) is 5.10 Å². The van der Waals surface area contributed by atoms with Crippen LogP contribution in [0.3, 0.4) is 0 Å². The standard InChI is InChI=1S/C11H14N4O4/c1-6-7(5-13-15(6)2)4-12-10(16)9-3-8(11(17)18)14-19-9/h5,9H,3-4H2,1-2H3,(H,12,16)(H,17,18). The molecule has 0 spiro atoms. The van der Waals surface area contributed by atoms with Crippen molar-refractivity contribution in [2.24, 2.45) is 12.2 Å². The van der Waals surface area contributed by atoms with Crippen LogP contribution in [-0.4, -0.2) is 38.6 Å². The summed E-state index contributed by atoms with van der Waals surface area (Å²) in [6.07, 6.45) is 0.778. The fourth-order valence-corrected chi connectivity index (χ4v) is 1.66. The number of rotatable bonds is 4. The predicted octanol–water partition coefficient (Wildman–Crippen LogP) is -0.426. The Labute approximate surface area is 109 Å². The summed E-state index contributed by atoms with van der Waals surface area (Å²) in [6, 6.07) is 0. The summed E-state index contributed by atoms with van der Waals surface area (Å²) in [6.45, 7) is 2.22. The van der Waals surface area contributed by atoms with Gasteiger partial charge in [0.05, 0.1) is 6.20 Å². The fourth-order valence-electron chi connectivity index (χ4n) is 1.66. The molecule has 0 saturated carbocycles. The normalized spacial score (nSPS) is 17.8. The van der Waals surface area contributed by atoms with Crippen molar-refractivity contribution in [3.05, 3.63) is 17.5 Å². The molecule has 1 aromatic heterocycles. The van der Waals surface area contributed by atoms with Crippen LogP contribution in [0.15, 0.2) is 11.4 Å². The van der Waals surface area contributed by atoms with Crippen LogP contribution in [0.5, 0.6) is 0 Å². The van der Waals surface area contributed by atoms with E-state index in [2.05, 4.69) is 15.6 Å². The molecule has 1 aliphatic rings. The highest BCUT2D eigenvalue weighted by Gasteiger charge is 2.31. The van der Waals surface area contributed by atoms with Gasteiger partial charge >= 0.3 is 5.97 Å². The van der Waals surface area contributed by atoms with Gasteiger partial charge < -0.3 is 15.3 Å². The van der Waals surface area contributed by atoms with Crippen molar-refractivity contribution in [2.75, 3.05) is 0 Å². The molecule has 2 N–H and O–H groups in total. The summed E-state index contributed by atoms with van der Waals surface area (Å²) in [5, 5.41) is 18.8. The molecule has 0 aromatic carbocycles. The second-order valence-electron chi connectivity index (χ2n) is 4.24. The van der Waals surface area contributed by atoms with Crippen molar-refractivity contribution in [2.45, 2.75) is 26.0 Å². The van der Waals surface area contributed by atoms with E-state index in [4.69, 9.17) is 9.94 Å². The van der Waals surface area contributed by atoms with Gasteiger partial charge in [-0.05, 0) is 6.92 Å². The number of nitrogens with zero attached hydrogens (tertiary/aromatic N) is 3. The molecule has 0 saturated heterocycles. The second kappa shape index (κ2) is 5.09. The minimum Gasteiger partial charge on any atom is -0.477 e. The van der Waals surface area contributed by atoms with E-state index in [9.17, 15) is 9.59 Å². The SMILES string of the molecule is Cc1c(CNC(=O)C2CC(C(=O)O)=NO2)cnn1C. The molecule has 1 amide bonds. The maximum absolute atomic E-state index is 11.8. The lowest BCUT2D eigenvalue weighted by molar-refractivity contribution is -0.131. The summed E-state index contributed by atoms with van der Waals surface area (Å²) in [5.74, 6) is -1.55. The highest BCUT2D eigenvalue weighted by Crippen LogP contribution is 2.11. The van der Waals surface area contributed by atoms with E-state index < -0.39 is 12.1 Å². The Morgan fingerprint density at radius 2 is 2.37 bits per heavy atom. The first-order valence-electron chi connectivity index (χ1n) is 5.70. The quantitative estimate of drug-likeness (QED) is 0.769. The molecule has 2 heterocycles.